The molecule has 0 saturated heterocycles. The summed E-state index contributed by atoms with van der Waals surface area (Å²) in [4.78, 5) is 11.7. The molecule has 0 aliphatic carbocycles. The lowest BCUT2D eigenvalue weighted by Crippen LogP contribution is -2.19. The van der Waals surface area contributed by atoms with Crippen molar-refractivity contribution in [3.8, 4) is 0 Å². The minimum atomic E-state index is -0.487. The van der Waals surface area contributed by atoms with E-state index in [4.69, 9.17) is 11.6 Å². The van der Waals surface area contributed by atoms with Crippen molar-refractivity contribution in [3.63, 3.8) is 0 Å². The zero-order valence-corrected chi connectivity index (χ0v) is 15.1. The number of hydrogen-bond donors (Lipinski definition) is 1. The third kappa shape index (κ3) is 5.64. The molecule has 0 aliphatic rings. The fourth-order valence-electron chi connectivity index (χ4n) is 1.70. The summed E-state index contributed by atoms with van der Waals surface area (Å²) < 4.78 is 14.5. The Morgan fingerprint density at radius 3 is 2.83 bits per heavy atom. The van der Waals surface area contributed by atoms with Crippen LogP contribution in [0.4, 0.5) is 4.39 Å². The number of hydrazone groups is 1. The number of halogens is 3. The van der Waals surface area contributed by atoms with E-state index in [9.17, 15) is 9.18 Å². The van der Waals surface area contributed by atoms with Crippen molar-refractivity contribution in [2.75, 3.05) is 5.75 Å². The number of benzene rings is 2. The quantitative estimate of drug-likeness (QED) is 0.552. The molecule has 1 N–H and O–H groups in total. The highest BCUT2D eigenvalue weighted by molar-refractivity contribution is 9.10. The monoisotopic (exact) mass is 414 g/mol. The Morgan fingerprint density at radius 2 is 2.09 bits per heavy atom. The molecule has 0 atom stereocenters. The van der Waals surface area contributed by atoms with Crippen LogP contribution in [0.25, 0.3) is 0 Å². The second-order valence-electron chi connectivity index (χ2n) is 4.51. The number of nitrogens with zero attached hydrogens (tertiary/aromatic N) is 1. The summed E-state index contributed by atoms with van der Waals surface area (Å²) in [6, 6.07) is 12.2. The Bertz CT molecular complexity index is 707. The average Bonchev–Trinajstić information content (AvgIpc) is 2.52. The smallest absolute Gasteiger partial charge is 0.250 e. The molecule has 0 aliphatic heterocycles. The lowest BCUT2D eigenvalue weighted by atomic mass is 10.2. The maximum atomic E-state index is 13.5. The number of amides is 1. The Labute approximate surface area is 151 Å². The Hall–Kier alpha value is -1.37. The largest absolute Gasteiger partial charge is 0.272 e. The summed E-state index contributed by atoms with van der Waals surface area (Å²) in [5.74, 6) is 0.214. The van der Waals surface area contributed by atoms with Crippen LogP contribution in [0.5, 0.6) is 0 Å². The van der Waals surface area contributed by atoms with Gasteiger partial charge in [0.2, 0.25) is 5.91 Å². The zero-order valence-electron chi connectivity index (χ0n) is 11.9. The molecule has 0 saturated carbocycles. The molecule has 120 valence electrons. The molecule has 0 unspecified atom stereocenters. The lowest BCUT2D eigenvalue weighted by molar-refractivity contribution is -0.118. The lowest BCUT2D eigenvalue weighted by Gasteiger charge is -2.04. The molecule has 7 heteroatoms. The topological polar surface area (TPSA) is 41.5 Å². The van der Waals surface area contributed by atoms with Gasteiger partial charge in [-0.3, -0.25) is 4.79 Å². The fourth-order valence-corrected chi connectivity index (χ4v) is 3.35. The molecule has 0 spiro atoms. The van der Waals surface area contributed by atoms with Gasteiger partial charge in [-0.2, -0.15) is 5.10 Å². The van der Waals surface area contributed by atoms with Crippen molar-refractivity contribution < 1.29 is 9.18 Å². The maximum Gasteiger partial charge on any atom is 0.250 e. The van der Waals surface area contributed by atoms with Gasteiger partial charge in [-0.15, -0.1) is 11.8 Å². The summed E-state index contributed by atoms with van der Waals surface area (Å²) in [6.07, 6.45) is 1.20. The average molecular weight is 416 g/mol. The molecule has 0 fully saturated rings. The fraction of sp³-hybridized carbons (Fsp3) is 0.125. The van der Waals surface area contributed by atoms with Crippen LogP contribution in [0.2, 0.25) is 5.02 Å². The van der Waals surface area contributed by atoms with Gasteiger partial charge in [0, 0.05) is 15.8 Å². The van der Waals surface area contributed by atoms with Crippen LogP contribution in [-0.2, 0) is 10.5 Å². The molecular weight excluding hydrogens is 403 g/mol. The number of carbonyl (C=O) groups is 1. The number of nitrogens with one attached hydrogen (secondary N) is 1. The molecule has 3 nitrogen and oxygen atoms in total. The van der Waals surface area contributed by atoms with Crippen LogP contribution in [0, 0.1) is 5.82 Å². The van der Waals surface area contributed by atoms with Crippen LogP contribution in [0.1, 0.15) is 11.1 Å². The first-order valence-electron chi connectivity index (χ1n) is 6.65. The molecule has 0 radical (unpaired) electrons. The molecule has 2 aromatic rings. The van der Waals surface area contributed by atoms with Gasteiger partial charge in [0.1, 0.15) is 5.82 Å². The Kier molecular flexibility index (Phi) is 7.08. The normalized spacial score (nSPS) is 10.9. The van der Waals surface area contributed by atoms with E-state index in [0.717, 1.165) is 10.0 Å². The van der Waals surface area contributed by atoms with Crippen molar-refractivity contribution in [2.45, 2.75) is 5.75 Å². The highest BCUT2D eigenvalue weighted by Crippen LogP contribution is 2.21. The van der Waals surface area contributed by atoms with E-state index < -0.39 is 5.82 Å². The van der Waals surface area contributed by atoms with Crippen molar-refractivity contribution in [1.29, 1.82) is 0 Å². The summed E-state index contributed by atoms with van der Waals surface area (Å²) in [5.41, 5.74) is 3.63. The standard InChI is InChI=1S/C16H13BrClFN2OS/c17-13-5-2-1-4-11(13)9-23-10-16(22)21-20-8-12-14(18)6-3-7-15(12)19/h1-8H,9-10H2,(H,21,22)/b20-8+. The van der Waals surface area contributed by atoms with Crippen LogP contribution >= 0.6 is 39.3 Å². The van der Waals surface area contributed by atoms with E-state index in [1.54, 1.807) is 6.07 Å². The predicted molar refractivity (Wildman–Crippen MR) is 97.5 cm³/mol. The van der Waals surface area contributed by atoms with Crippen LogP contribution in [0.15, 0.2) is 52.0 Å². The molecule has 2 rings (SSSR count). The molecule has 1 amide bonds. The van der Waals surface area contributed by atoms with Gasteiger partial charge in [0.25, 0.3) is 0 Å². The van der Waals surface area contributed by atoms with Gasteiger partial charge >= 0.3 is 0 Å². The number of rotatable bonds is 6. The van der Waals surface area contributed by atoms with Gasteiger partial charge < -0.3 is 0 Å². The minimum absolute atomic E-state index is 0.148. The summed E-state index contributed by atoms with van der Waals surface area (Å²) >= 11 is 10.8. The van der Waals surface area contributed by atoms with E-state index in [-0.39, 0.29) is 22.2 Å². The van der Waals surface area contributed by atoms with Crippen LogP contribution < -0.4 is 5.43 Å². The Morgan fingerprint density at radius 1 is 1.30 bits per heavy atom. The van der Waals surface area contributed by atoms with Crippen molar-refractivity contribution in [2.24, 2.45) is 5.10 Å². The van der Waals surface area contributed by atoms with Gasteiger partial charge in [-0.1, -0.05) is 51.8 Å². The summed E-state index contributed by atoms with van der Waals surface area (Å²) in [6.45, 7) is 0. The SMILES string of the molecule is O=C(CSCc1ccccc1Br)N/N=C/c1c(F)cccc1Cl. The van der Waals surface area contributed by atoms with Gasteiger partial charge in [0.05, 0.1) is 17.0 Å². The number of carbonyl (C=O) groups excluding carboxylic acids is 1. The Balaban J connectivity index is 1.79. The van der Waals surface area contributed by atoms with Crippen LogP contribution in [-0.4, -0.2) is 17.9 Å². The first-order chi connectivity index (χ1) is 11.1. The van der Waals surface area contributed by atoms with E-state index in [1.165, 1.54) is 30.1 Å². The third-order valence-electron chi connectivity index (χ3n) is 2.83. The number of thioether (sulfide) groups is 1. The molecular formula is C16H13BrClFN2OS. The first-order valence-corrected chi connectivity index (χ1v) is 8.97. The molecule has 2 aromatic carbocycles. The molecule has 0 aromatic heterocycles. The molecule has 0 bridgehead atoms. The highest BCUT2D eigenvalue weighted by atomic mass is 79.9. The van der Waals surface area contributed by atoms with Crippen molar-refractivity contribution in [1.82, 2.24) is 5.43 Å². The van der Waals surface area contributed by atoms with Crippen molar-refractivity contribution >= 4 is 51.4 Å². The molecule has 23 heavy (non-hydrogen) atoms. The predicted octanol–water partition coefficient (Wildman–Crippen LogP) is 4.63. The van der Waals surface area contributed by atoms with E-state index in [2.05, 4.69) is 26.5 Å². The second kappa shape index (κ2) is 9.05. The first kappa shape index (κ1) is 18.0. The third-order valence-corrected chi connectivity index (χ3v) is 4.92. The van der Waals surface area contributed by atoms with Gasteiger partial charge in [-0.05, 0) is 23.8 Å². The second-order valence-corrected chi connectivity index (χ2v) is 6.76. The van der Waals surface area contributed by atoms with E-state index in [0.29, 0.717) is 5.75 Å². The molecule has 0 heterocycles. The minimum Gasteiger partial charge on any atom is -0.272 e. The van der Waals surface area contributed by atoms with E-state index in [1.807, 2.05) is 24.3 Å². The van der Waals surface area contributed by atoms with E-state index >= 15 is 0 Å². The van der Waals surface area contributed by atoms with Gasteiger partial charge in [-0.25, -0.2) is 9.82 Å². The van der Waals surface area contributed by atoms with Gasteiger partial charge in [0.15, 0.2) is 0 Å². The maximum absolute atomic E-state index is 13.5. The summed E-state index contributed by atoms with van der Waals surface area (Å²) in [5, 5.41) is 3.98. The highest BCUT2D eigenvalue weighted by Gasteiger charge is 2.05. The number of hydrogen-bond acceptors (Lipinski definition) is 3. The van der Waals surface area contributed by atoms with Crippen molar-refractivity contribution in [3.05, 3.63) is 68.9 Å². The zero-order chi connectivity index (χ0) is 16.7. The summed E-state index contributed by atoms with van der Waals surface area (Å²) in [7, 11) is 0. The van der Waals surface area contributed by atoms with Crippen LogP contribution in [0.3, 0.4) is 0 Å².